The second-order valence-corrected chi connectivity index (χ2v) is 16.1. The Labute approximate surface area is 318 Å². The fourth-order valence-electron chi connectivity index (χ4n) is 7.06. The highest BCUT2D eigenvalue weighted by molar-refractivity contribution is 5.99. The zero-order valence-electron chi connectivity index (χ0n) is 33.1. The third-order valence-electron chi connectivity index (χ3n) is 10.1. The summed E-state index contributed by atoms with van der Waals surface area (Å²) in [6.45, 7) is 14.7. The predicted octanol–water partition coefficient (Wildman–Crippen LogP) is 7.74. The van der Waals surface area contributed by atoms with E-state index in [9.17, 15) is 19.2 Å². The second-order valence-electron chi connectivity index (χ2n) is 16.1. The van der Waals surface area contributed by atoms with Crippen molar-refractivity contribution in [2.24, 2.45) is 11.8 Å². The van der Waals surface area contributed by atoms with Gasteiger partial charge >= 0.3 is 18.2 Å². The molecule has 292 valence electrons. The molecule has 2 fully saturated rings. The molecule has 0 aromatic heterocycles. The summed E-state index contributed by atoms with van der Waals surface area (Å²) >= 11 is 0. The van der Waals surface area contributed by atoms with Crippen LogP contribution in [0.1, 0.15) is 80.2 Å². The van der Waals surface area contributed by atoms with Crippen molar-refractivity contribution in [3.05, 3.63) is 65.8 Å². The van der Waals surface area contributed by atoms with E-state index in [0.29, 0.717) is 42.0 Å². The quantitative estimate of drug-likeness (QED) is 0.178. The van der Waals surface area contributed by atoms with Gasteiger partial charge in [-0.25, -0.2) is 9.59 Å². The molecule has 1 unspecified atom stereocenters. The number of benzene rings is 2. The number of ether oxygens (including phenoxy) is 5. The van der Waals surface area contributed by atoms with E-state index in [-0.39, 0.29) is 24.3 Å². The van der Waals surface area contributed by atoms with Gasteiger partial charge < -0.3 is 33.9 Å². The van der Waals surface area contributed by atoms with E-state index in [1.54, 1.807) is 65.8 Å². The lowest BCUT2D eigenvalue weighted by Crippen LogP contribution is -2.49. The zero-order valence-corrected chi connectivity index (χ0v) is 33.1. The average Bonchev–Trinajstić information content (AvgIpc) is 3.79. The van der Waals surface area contributed by atoms with E-state index < -0.39 is 53.6 Å². The fourth-order valence-corrected chi connectivity index (χ4v) is 7.06. The van der Waals surface area contributed by atoms with Gasteiger partial charge in [0.05, 0.1) is 31.2 Å². The highest BCUT2D eigenvalue weighted by Crippen LogP contribution is 2.49. The number of nitrogens with zero attached hydrogens (tertiary/aromatic N) is 1. The Hall–Kier alpha value is -4.84. The summed E-state index contributed by atoms with van der Waals surface area (Å²) in [4.78, 5) is 54.2. The van der Waals surface area contributed by atoms with Crippen LogP contribution in [0, 0.1) is 11.8 Å². The zero-order chi connectivity index (χ0) is 39.5. The van der Waals surface area contributed by atoms with Gasteiger partial charge in [0.1, 0.15) is 29.2 Å². The molecule has 4 bridgehead atoms. The molecular weight excluding hydrogens is 690 g/mol. The van der Waals surface area contributed by atoms with Crippen LogP contribution in [0.15, 0.2) is 60.2 Å². The lowest BCUT2D eigenvalue weighted by molar-refractivity contribution is -0.157. The van der Waals surface area contributed by atoms with E-state index in [1.165, 1.54) is 0 Å². The van der Waals surface area contributed by atoms with Crippen LogP contribution in [-0.4, -0.2) is 73.8 Å². The number of carbonyl (C=O) groups is 4. The monoisotopic (exact) mass is 745 g/mol. The number of esters is 1. The standard InChI is InChI=1S/C42H55N3O9/c1-24(2)38(47)52-34-23-35(46)45(9)31-20-27(21-33(50-10)36(31)28-15-17-29(18-16-28)43-40(49)54-41(5,6)7)19-25(3)13-11-12-14-30-22-32(51-39(48)44-30)26(4)37-42(34,8)53-37/h11-13,15-18,20-21,24,26,30,32,34,37H,14,19,22-23H2,1-10H3,(H,43,49)(H,44,48)/b12-11+,25-13+/t26-,30+,32+,34?,37+,42+/m1/s1. The third kappa shape index (κ3) is 9.63. The molecule has 2 aromatic carbocycles. The molecule has 3 aliphatic heterocycles. The average molecular weight is 746 g/mol. The predicted molar refractivity (Wildman–Crippen MR) is 207 cm³/mol. The van der Waals surface area contributed by atoms with Crippen molar-refractivity contribution in [1.29, 1.82) is 0 Å². The van der Waals surface area contributed by atoms with E-state index in [0.717, 1.165) is 16.7 Å². The molecule has 2 N–H and O–H groups in total. The highest BCUT2D eigenvalue weighted by atomic mass is 16.7. The molecule has 0 aliphatic carbocycles. The first kappa shape index (κ1) is 40.3. The number of methoxy groups -OCH3 is 1. The van der Waals surface area contributed by atoms with Gasteiger partial charge in [0.2, 0.25) is 5.91 Å². The van der Waals surface area contributed by atoms with Crippen molar-refractivity contribution in [3.8, 4) is 16.9 Å². The first-order valence-corrected chi connectivity index (χ1v) is 18.6. The molecule has 3 amide bonds. The number of hydrogen-bond acceptors (Lipinski definition) is 9. The van der Waals surface area contributed by atoms with E-state index in [2.05, 4.69) is 10.6 Å². The number of alkyl carbamates (subject to hydrolysis) is 1. The van der Waals surface area contributed by atoms with Crippen LogP contribution in [0.4, 0.5) is 21.0 Å². The third-order valence-corrected chi connectivity index (χ3v) is 10.1. The van der Waals surface area contributed by atoms with Crippen molar-refractivity contribution >= 4 is 35.4 Å². The number of epoxide rings is 1. The summed E-state index contributed by atoms with van der Waals surface area (Å²) in [6, 6.07) is 11.0. The molecule has 0 saturated carbocycles. The second kappa shape index (κ2) is 16.3. The normalized spacial score (nSPS) is 27.7. The summed E-state index contributed by atoms with van der Waals surface area (Å²) < 4.78 is 29.5. The van der Waals surface area contributed by atoms with Gasteiger partial charge in [-0.1, -0.05) is 56.7 Å². The number of amides is 3. The molecular formula is C42H55N3O9. The first-order chi connectivity index (χ1) is 25.4. The summed E-state index contributed by atoms with van der Waals surface area (Å²) in [7, 11) is 3.29. The minimum absolute atomic E-state index is 0.123. The number of rotatable bonds is 5. The maximum absolute atomic E-state index is 14.4. The molecule has 5 rings (SSSR count). The number of allylic oxidation sites excluding steroid dienone is 3. The number of hydrogen-bond donors (Lipinski definition) is 2. The van der Waals surface area contributed by atoms with Crippen LogP contribution in [0.2, 0.25) is 0 Å². The first-order valence-electron chi connectivity index (χ1n) is 18.6. The maximum Gasteiger partial charge on any atom is 0.412 e. The molecule has 12 heteroatoms. The molecule has 54 heavy (non-hydrogen) atoms. The summed E-state index contributed by atoms with van der Waals surface area (Å²) in [5, 5.41) is 5.69. The van der Waals surface area contributed by atoms with Crippen molar-refractivity contribution < 1.29 is 42.9 Å². The van der Waals surface area contributed by atoms with Gasteiger partial charge in [-0.2, -0.15) is 0 Å². The van der Waals surface area contributed by atoms with E-state index >= 15 is 0 Å². The van der Waals surface area contributed by atoms with Gasteiger partial charge in [0, 0.05) is 36.7 Å². The van der Waals surface area contributed by atoms with Crippen LogP contribution < -0.4 is 20.3 Å². The highest BCUT2D eigenvalue weighted by Gasteiger charge is 2.63. The maximum atomic E-state index is 14.4. The Bertz CT molecular complexity index is 1790. The largest absolute Gasteiger partial charge is 0.496 e. The number of nitrogens with one attached hydrogen (secondary N) is 2. The van der Waals surface area contributed by atoms with Crippen molar-refractivity contribution in [1.82, 2.24) is 5.32 Å². The number of anilines is 2. The Morgan fingerprint density at radius 3 is 2.46 bits per heavy atom. The molecule has 3 heterocycles. The molecule has 2 saturated heterocycles. The van der Waals surface area contributed by atoms with Crippen LogP contribution in [0.25, 0.3) is 11.1 Å². The van der Waals surface area contributed by atoms with Gasteiger partial charge in [-0.3, -0.25) is 14.9 Å². The Morgan fingerprint density at radius 2 is 1.81 bits per heavy atom. The van der Waals surface area contributed by atoms with Gasteiger partial charge in [0.25, 0.3) is 0 Å². The molecule has 2 aromatic rings. The van der Waals surface area contributed by atoms with Gasteiger partial charge in [-0.15, -0.1) is 0 Å². The number of fused-ring (bicyclic) bond motifs is 5. The minimum Gasteiger partial charge on any atom is -0.496 e. The van der Waals surface area contributed by atoms with E-state index in [1.807, 2.05) is 63.3 Å². The Kier molecular flexibility index (Phi) is 12.1. The minimum atomic E-state index is -0.990. The Balaban J connectivity index is 1.56. The van der Waals surface area contributed by atoms with Crippen molar-refractivity contribution in [2.45, 2.75) is 117 Å². The smallest absolute Gasteiger partial charge is 0.412 e. The van der Waals surface area contributed by atoms with Crippen molar-refractivity contribution in [3.63, 3.8) is 0 Å². The molecule has 0 radical (unpaired) electrons. The fraction of sp³-hybridized carbons (Fsp3) is 0.524. The van der Waals surface area contributed by atoms with Gasteiger partial charge in [-0.05, 0) is 82.9 Å². The van der Waals surface area contributed by atoms with Crippen LogP contribution in [-0.2, 0) is 35.0 Å². The molecule has 0 spiro atoms. The summed E-state index contributed by atoms with van der Waals surface area (Å²) in [6.07, 6.45) is 4.89. The van der Waals surface area contributed by atoms with Gasteiger partial charge in [0.15, 0.2) is 0 Å². The lowest BCUT2D eigenvalue weighted by atomic mass is 9.85. The topological polar surface area (TPSA) is 145 Å². The summed E-state index contributed by atoms with van der Waals surface area (Å²) in [5.41, 5.74) is 2.91. The molecule has 12 nitrogen and oxygen atoms in total. The SMILES string of the molecule is COc1cc2cc(c1-c1ccc(NC(=O)OC(C)(C)C)cc1)N(C)C(=O)CC(OC(=O)C(C)C)[C@]1(C)O[C@H]1[C@H](C)[C@@H]1C[C@H](C/C=C/C=C(\C)C2)NC(=O)O1. The Morgan fingerprint density at radius 1 is 1.11 bits per heavy atom. The lowest BCUT2D eigenvalue weighted by Gasteiger charge is -2.33. The van der Waals surface area contributed by atoms with E-state index in [4.69, 9.17) is 23.7 Å². The number of carbonyl (C=O) groups excluding carboxylic acids is 4. The van der Waals surface area contributed by atoms with Crippen molar-refractivity contribution in [2.75, 3.05) is 24.4 Å². The molecule has 6 atom stereocenters. The molecule has 3 aliphatic rings. The van der Waals surface area contributed by atoms with Crippen LogP contribution in [0.5, 0.6) is 5.75 Å². The van der Waals surface area contributed by atoms with Crippen LogP contribution >= 0.6 is 0 Å². The summed E-state index contributed by atoms with van der Waals surface area (Å²) in [5.74, 6) is -0.843. The van der Waals surface area contributed by atoms with Crippen LogP contribution in [0.3, 0.4) is 0 Å².